The molecule has 1 aliphatic rings. The zero-order chi connectivity index (χ0) is 19.3. The highest BCUT2D eigenvalue weighted by Crippen LogP contribution is 2.20. The molecule has 1 unspecified atom stereocenters. The van der Waals surface area contributed by atoms with Gasteiger partial charge in [-0.05, 0) is 24.3 Å². The molecule has 1 saturated heterocycles. The number of ether oxygens (including phenoxy) is 1. The van der Waals surface area contributed by atoms with Crippen LogP contribution in [0.25, 0.3) is 0 Å². The number of aliphatic carboxylic acids is 1. The quantitative estimate of drug-likeness (QED) is 0.777. The van der Waals surface area contributed by atoms with Crippen LogP contribution in [-0.2, 0) is 14.8 Å². The molecule has 8 heteroatoms. The minimum absolute atomic E-state index is 0.180. The molecular formula is C19H22N2O5S. The van der Waals surface area contributed by atoms with Gasteiger partial charge in [0.25, 0.3) is 0 Å². The second-order valence-electron chi connectivity index (χ2n) is 6.24. The summed E-state index contributed by atoms with van der Waals surface area (Å²) in [6.07, 6.45) is -0.827. The lowest BCUT2D eigenvalue weighted by Crippen LogP contribution is -2.53. The molecule has 1 fully saturated rings. The van der Waals surface area contributed by atoms with Crippen LogP contribution < -0.4 is 4.74 Å². The fourth-order valence-corrected chi connectivity index (χ4v) is 4.47. The first-order chi connectivity index (χ1) is 13.0. The van der Waals surface area contributed by atoms with E-state index in [1.807, 2.05) is 23.1 Å². The summed E-state index contributed by atoms with van der Waals surface area (Å²) in [7, 11) is -3.54. The number of para-hydroxylation sites is 1. The number of benzene rings is 2. The van der Waals surface area contributed by atoms with Crippen LogP contribution in [0.4, 0.5) is 0 Å². The predicted molar refractivity (Wildman–Crippen MR) is 99.9 cm³/mol. The summed E-state index contributed by atoms with van der Waals surface area (Å²) in [4.78, 5) is 13.4. The number of piperazine rings is 1. The predicted octanol–water partition coefficient (Wildman–Crippen LogP) is 1.87. The summed E-state index contributed by atoms with van der Waals surface area (Å²) in [5, 5.41) is 9.21. The highest BCUT2D eigenvalue weighted by atomic mass is 32.2. The van der Waals surface area contributed by atoms with Gasteiger partial charge >= 0.3 is 5.97 Å². The summed E-state index contributed by atoms with van der Waals surface area (Å²) in [5.74, 6) is -0.377. The topological polar surface area (TPSA) is 87.2 Å². The van der Waals surface area contributed by atoms with E-state index in [1.54, 1.807) is 42.5 Å². The van der Waals surface area contributed by atoms with Gasteiger partial charge in [0, 0.05) is 26.2 Å². The van der Waals surface area contributed by atoms with Gasteiger partial charge in [-0.15, -0.1) is 0 Å². The van der Waals surface area contributed by atoms with Gasteiger partial charge in [0.05, 0.1) is 11.3 Å². The Kier molecular flexibility index (Phi) is 6.10. The monoisotopic (exact) mass is 390 g/mol. The van der Waals surface area contributed by atoms with Crippen molar-refractivity contribution in [3.63, 3.8) is 0 Å². The van der Waals surface area contributed by atoms with Crippen molar-refractivity contribution in [2.75, 3.05) is 26.2 Å². The minimum Gasteiger partial charge on any atom is -0.481 e. The van der Waals surface area contributed by atoms with E-state index >= 15 is 0 Å². The maximum atomic E-state index is 12.7. The summed E-state index contributed by atoms with van der Waals surface area (Å²) in [5.41, 5.74) is 0. The normalized spacial score (nSPS) is 17.3. The summed E-state index contributed by atoms with van der Waals surface area (Å²) in [6, 6.07) is 17.3. The second-order valence-corrected chi connectivity index (χ2v) is 8.17. The zero-order valence-electron chi connectivity index (χ0n) is 14.8. The van der Waals surface area contributed by atoms with Crippen LogP contribution in [0.3, 0.4) is 0 Å². The van der Waals surface area contributed by atoms with Crippen molar-refractivity contribution in [3.8, 4) is 5.75 Å². The van der Waals surface area contributed by atoms with Crippen molar-refractivity contribution in [2.45, 2.75) is 17.5 Å². The fourth-order valence-electron chi connectivity index (χ4n) is 3.02. The Hall–Kier alpha value is -2.42. The number of carboxylic acid groups (broad SMARTS) is 1. The number of sulfonamides is 1. The molecule has 3 rings (SSSR count). The lowest BCUT2D eigenvalue weighted by atomic mass is 10.2. The molecule has 1 atom stereocenters. The molecule has 0 amide bonds. The van der Waals surface area contributed by atoms with Crippen LogP contribution in [0.15, 0.2) is 65.6 Å². The van der Waals surface area contributed by atoms with E-state index in [4.69, 9.17) is 4.74 Å². The van der Waals surface area contributed by atoms with Crippen LogP contribution in [0.2, 0.25) is 0 Å². The highest BCUT2D eigenvalue weighted by molar-refractivity contribution is 7.89. The number of hydrogen-bond acceptors (Lipinski definition) is 5. The molecule has 2 aromatic carbocycles. The number of carbonyl (C=O) groups is 1. The van der Waals surface area contributed by atoms with E-state index in [0.29, 0.717) is 18.8 Å². The molecule has 1 N–H and O–H groups in total. The molecule has 0 spiro atoms. The number of rotatable bonds is 7. The van der Waals surface area contributed by atoms with E-state index in [1.165, 1.54) is 4.31 Å². The third kappa shape index (κ3) is 4.85. The van der Waals surface area contributed by atoms with Crippen LogP contribution >= 0.6 is 0 Å². The Labute approximate surface area is 158 Å². The van der Waals surface area contributed by atoms with Gasteiger partial charge in [0.2, 0.25) is 10.0 Å². The van der Waals surface area contributed by atoms with Crippen LogP contribution in [-0.4, -0.2) is 61.1 Å². The van der Waals surface area contributed by atoms with Crippen molar-refractivity contribution >= 4 is 16.0 Å². The molecule has 1 aliphatic heterocycles. The summed E-state index contributed by atoms with van der Waals surface area (Å²) < 4.78 is 32.7. The zero-order valence-corrected chi connectivity index (χ0v) is 15.6. The van der Waals surface area contributed by atoms with E-state index in [9.17, 15) is 18.3 Å². The third-order valence-corrected chi connectivity index (χ3v) is 6.34. The Balaban J connectivity index is 1.67. The minimum atomic E-state index is -3.54. The average Bonchev–Trinajstić information content (AvgIpc) is 2.69. The molecule has 0 aliphatic carbocycles. The first-order valence-electron chi connectivity index (χ1n) is 8.69. The number of nitrogens with zero attached hydrogens (tertiary/aromatic N) is 2. The van der Waals surface area contributed by atoms with Gasteiger partial charge < -0.3 is 9.84 Å². The lowest BCUT2D eigenvalue weighted by molar-refractivity contribution is -0.142. The van der Waals surface area contributed by atoms with Gasteiger partial charge in [0.1, 0.15) is 5.75 Å². The van der Waals surface area contributed by atoms with Crippen molar-refractivity contribution in [1.29, 1.82) is 0 Å². The largest absolute Gasteiger partial charge is 0.481 e. The Morgan fingerprint density at radius 2 is 1.52 bits per heavy atom. The third-order valence-electron chi connectivity index (χ3n) is 4.43. The summed E-state index contributed by atoms with van der Waals surface area (Å²) >= 11 is 0. The highest BCUT2D eigenvalue weighted by Gasteiger charge is 2.32. The molecule has 0 aromatic heterocycles. The molecule has 7 nitrogen and oxygen atoms in total. The number of hydrogen-bond donors (Lipinski definition) is 1. The molecular weight excluding hydrogens is 368 g/mol. The van der Waals surface area contributed by atoms with Gasteiger partial charge in [-0.1, -0.05) is 36.4 Å². The lowest BCUT2D eigenvalue weighted by Gasteiger charge is -2.38. The van der Waals surface area contributed by atoms with Crippen molar-refractivity contribution in [2.24, 2.45) is 0 Å². The van der Waals surface area contributed by atoms with Gasteiger partial charge in [-0.25, -0.2) is 8.42 Å². The van der Waals surface area contributed by atoms with E-state index in [-0.39, 0.29) is 24.4 Å². The number of carboxylic acids is 1. The van der Waals surface area contributed by atoms with Gasteiger partial charge in [0.15, 0.2) is 6.23 Å². The fraction of sp³-hybridized carbons (Fsp3) is 0.316. The molecule has 144 valence electrons. The molecule has 27 heavy (non-hydrogen) atoms. The van der Waals surface area contributed by atoms with Crippen LogP contribution in [0.1, 0.15) is 6.42 Å². The molecule has 0 bridgehead atoms. The Morgan fingerprint density at radius 3 is 2.07 bits per heavy atom. The van der Waals surface area contributed by atoms with E-state index in [2.05, 4.69) is 0 Å². The maximum Gasteiger partial charge on any atom is 0.308 e. The smallest absolute Gasteiger partial charge is 0.308 e. The first kappa shape index (κ1) is 19.3. The van der Waals surface area contributed by atoms with Gasteiger partial charge in [-0.3, -0.25) is 9.69 Å². The van der Waals surface area contributed by atoms with Crippen molar-refractivity contribution in [3.05, 3.63) is 60.7 Å². The molecule has 0 radical (unpaired) electrons. The SMILES string of the molecule is O=C(O)CC(Oc1ccccc1)N1CCN(S(=O)(=O)c2ccccc2)CC1. The molecule has 2 aromatic rings. The maximum absolute atomic E-state index is 12.7. The van der Waals surface area contributed by atoms with Crippen LogP contribution in [0.5, 0.6) is 5.75 Å². The Bertz CT molecular complexity index is 850. The molecule has 1 heterocycles. The van der Waals surface area contributed by atoms with Crippen molar-refractivity contribution in [1.82, 2.24) is 9.21 Å². The summed E-state index contributed by atoms with van der Waals surface area (Å²) in [6.45, 7) is 1.37. The van der Waals surface area contributed by atoms with E-state index in [0.717, 1.165) is 0 Å². The van der Waals surface area contributed by atoms with Crippen molar-refractivity contribution < 1.29 is 23.1 Å². The van der Waals surface area contributed by atoms with Gasteiger partial charge in [-0.2, -0.15) is 4.31 Å². The first-order valence-corrected chi connectivity index (χ1v) is 10.1. The second kappa shape index (κ2) is 8.51. The van der Waals surface area contributed by atoms with E-state index < -0.39 is 22.2 Å². The molecule has 0 saturated carbocycles. The average molecular weight is 390 g/mol. The standard InChI is InChI=1S/C19H22N2O5S/c22-19(23)15-18(26-16-7-3-1-4-8-16)20-11-13-21(14-12-20)27(24,25)17-9-5-2-6-10-17/h1-10,18H,11-15H2,(H,22,23). The van der Waals surface area contributed by atoms with Crippen LogP contribution in [0, 0.1) is 0 Å². The Morgan fingerprint density at radius 1 is 0.963 bits per heavy atom.